The molecule has 0 saturated heterocycles. The van der Waals surface area contributed by atoms with E-state index in [1.165, 1.54) is 5.56 Å². The summed E-state index contributed by atoms with van der Waals surface area (Å²) in [6, 6.07) is 10.3. The zero-order valence-corrected chi connectivity index (χ0v) is 10.2. The molecule has 1 aromatic carbocycles. The Labute approximate surface area is 93.1 Å². The van der Waals surface area contributed by atoms with E-state index < -0.39 is 5.60 Å². The van der Waals surface area contributed by atoms with E-state index in [0.29, 0.717) is 0 Å². The van der Waals surface area contributed by atoms with E-state index in [-0.39, 0.29) is 5.41 Å². The van der Waals surface area contributed by atoms with Crippen molar-refractivity contribution in [3.05, 3.63) is 35.9 Å². The average molecular weight is 206 g/mol. The molecule has 1 nitrogen and oxygen atoms in total. The van der Waals surface area contributed by atoms with E-state index in [4.69, 9.17) is 0 Å². The normalized spacial score (nSPS) is 19.3. The summed E-state index contributed by atoms with van der Waals surface area (Å²) >= 11 is 0. The fourth-order valence-electron chi connectivity index (χ4n) is 2.09. The summed E-state index contributed by atoms with van der Waals surface area (Å²) in [6.45, 7) is 8.25. The standard InChI is InChI=1S/C14H22O/c1-5-13(3,14(4,15)6-2)12-10-8-7-9-11-12/h7-11,15H,5-6H2,1-4H3. The first-order chi connectivity index (χ1) is 6.98. The minimum absolute atomic E-state index is 0.164. The Hall–Kier alpha value is -0.820. The quantitative estimate of drug-likeness (QED) is 0.799. The zero-order chi connectivity index (χ0) is 11.5. The topological polar surface area (TPSA) is 20.2 Å². The number of rotatable bonds is 4. The van der Waals surface area contributed by atoms with Gasteiger partial charge in [-0.3, -0.25) is 0 Å². The van der Waals surface area contributed by atoms with E-state index >= 15 is 0 Å². The lowest BCUT2D eigenvalue weighted by atomic mass is 9.66. The molecular weight excluding hydrogens is 184 g/mol. The van der Waals surface area contributed by atoms with Crippen molar-refractivity contribution in [1.29, 1.82) is 0 Å². The summed E-state index contributed by atoms with van der Waals surface area (Å²) in [5.74, 6) is 0. The lowest BCUT2D eigenvalue weighted by Gasteiger charge is -2.42. The Morgan fingerprint density at radius 1 is 1.00 bits per heavy atom. The highest BCUT2D eigenvalue weighted by Gasteiger charge is 2.41. The molecule has 0 aliphatic rings. The SMILES string of the molecule is CCC(C)(O)C(C)(CC)c1ccccc1. The van der Waals surface area contributed by atoms with Crippen molar-refractivity contribution in [2.45, 2.75) is 51.6 Å². The molecule has 0 aliphatic heterocycles. The van der Waals surface area contributed by atoms with Crippen molar-refractivity contribution in [2.75, 3.05) is 0 Å². The summed E-state index contributed by atoms with van der Waals surface area (Å²) in [4.78, 5) is 0. The third-order valence-electron chi connectivity index (χ3n) is 4.00. The molecular formula is C14H22O. The van der Waals surface area contributed by atoms with Crippen LogP contribution < -0.4 is 0 Å². The molecule has 0 fully saturated rings. The molecule has 15 heavy (non-hydrogen) atoms. The van der Waals surface area contributed by atoms with E-state index in [2.05, 4.69) is 26.0 Å². The molecule has 1 heteroatoms. The molecule has 0 amide bonds. The van der Waals surface area contributed by atoms with E-state index in [0.717, 1.165) is 12.8 Å². The number of benzene rings is 1. The van der Waals surface area contributed by atoms with Crippen LogP contribution in [0.15, 0.2) is 30.3 Å². The molecule has 2 atom stereocenters. The van der Waals surface area contributed by atoms with Crippen LogP contribution in [-0.2, 0) is 5.41 Å². The van der Waals surface area contributed by atoms with Crippen molar-refractivity contribution in [3.8, 4) is 0 Å². The maximum Gasteiger partial charge on any atom is 0.0710 e. The molecule has 0 aliphatic carbocycles. The van der Waals surface area contributed by atoms with Crippen LogP contribution in [-0.4, -0.2) is 10.7 Å². The van der Waals surface area contributed by atoms with Gasteiger partial charge in [0.2, 0.25) is 0 Å². The van der Waals surface area contributed by atoms with Crippen molar-refractivity contribution in [1.82, 2.24) is 0 Å². The second-order valence-corrected chi connectivity index (χ2v) is 4.68. The third kappa shape index (κ3) is 2.07. The Balaban J connectivity index is 3.17. The minimum atomic E-state index is -0.650. The Morgan fingerprint density at radius 2 is 1.53 bits per heavy atom. The van der Waals surface area contributed by atoms with Gasteiger partial charge in [-0.15, -0.1) is 0 Å². The highest BCUT2D eigenvalue weighted by Crippen LogP contribution is 2.39. The van der Waals surface area contributed by atoms with Crippen LogP contribution in [0, 0.1) is 0 Å². The zero-order valence-electron chi connectivity index (χ0n) is 10.2. The van der Waals surface area contributed by atoms with Crippen LogP contribution in [0.25, 0.3) is 0 Å². The van der Waals surface area contributed by atoms with Gasteiger partial charge < -0.3 is 5.11 Å². The first-order valence-electron chi connectivity index (χ1n) is 5.76. The third-order valence-corrected chi connectivity index (χ3v) is 4.00. The fraction of sp³-hybridized carbons (Fsp3) is 0.571. The molecule has 0 heterocycles. The second kappa shape index (κ2) is 4.36. The Kier molecular flexibility index (Phi) is 3.56. The van der Waals surface area contributed by atoms with Crippen LogP contribution >= 0.6 is 0 Å². The molecule has 1 N–H and O–H groups in total. The Bertz CT molecular complexity index is 302. The number of hydrogen-bond donors (Lipinski definition) is 1. The summed E-state index contributed by atoms with van der Waals surface area (Å²) in [6.07, 6.45) is 1.71. The maximum atomic E-state index is 10.5. The van der Waals surface area contributed by atoms with Gasteiger partial charge >= 0.3 is 0 Å². The second-order valence-electron chi connectivity index (χ2n) is 4.68. The van der Waals surface area contributed by atoms with Gasteiger partial charge in [-0.05, 0) is 25.3 Å². The fourth-order valence-corrected chi connectivity index (χ4v) is 2.09. The van der Waals surface area contributed by atoms with Gasteiger partial charge in [-0.1, -0.05) is 51.1 Å². The summed E-state index contributed by atoms with van der Waals surface area (Å²) in [7, 11) is 0. The summed E-state index contributed by atoms with van der Waals surface area (Å²) in [5, 5.41) is 10.5. The number of hydrogen-bond acceptors (Lipinski definition) is 1. The van der Waals surface area contributed by atoms with Crippen LogP contribution in [0.5, 0.6) is 0 Å². The van der Waals surface area contributed by atoms with Gasteiger partial charge in [0.05, 0.1) is 5.60 Å². The lowest BCUT2D eigenvalue weighted by molar-refractivity contribution is -0.0219. The number of aliphatic hydroxyl groups is 1. The van der Waals surface area contributed by atoms with Crippen molar-refractivity contribution < 1.29 is 5.11 Å². The molecule has 0 saturated carbocycles. The molecule has 2 unspecified atom stereocenters. The Morgan fingerprint density at radius 3 is 1.93 bits per heavy atom. The first-order valence-corrected chi connectivity index (χ1v) is 5.76. The van der Waals surface area contributed by atoms with Crippen LogP contribution in [0.1, 0.15) is 46.1 Å². The van der Waals surface area contributed by atoms with Crippen molar-refractivity contribution >= 4 is 0 Å². The first kappa shape index (κ1) is 12.3. The predicted molar refractivity (Wildman–Crippen MR) is 65.0 cm³/mol. The highest BCUT2D eigenvalue weighted by atomic mass is 16.3. The van der Waals surface area contributed by atoms with Crippen LogP contribution in [0.3, 0.4) is 0 Å². The minimum Gasteiger partial charge on any atom is -0.389 e. The van der Waals surface area contributed by atoms with Gasteiger partial charge in [-0.25, -0.2) is 0 Å². The van der Waals surface area contributed by atoms with Gasteiger partial charge in [0.25, 0.3) is 0 Å². The average Bonchev–Trinajstić information content (AvgIpc) is 2.29. The molecule has 1 rings (SSSR count). The van der Waals surface area contributed by atoms with Gasteiger partial charge in [0, 0.05) is 5.41 Å². The van der Waals surface area contributed by atoms with E-state index in [1.54, 1.807) is 0 Å². The summed E-state index contributed by atoms with van der Waals surface area (Å²) in [5.41, 5.74) is 0.408. The van der Waals surface area contributed by atoms with Gasteiger partial charge in [-0.2, -0.15) is 0 Å². The monoisotopic (exact) mass is 206 g/mol. The maximum absolute atomic E-state index is 10.5. The molecule has 0 radical (unpaired) electrons. The molecule has 0 aromatic heterocycles. The van der Waals surface area contributed by atoms with Crippen LogP contribution in [0.2, 0.25) is 0 Å². The predicted octanol–water partition coefficient (Wildman–Crippen LogP) is 3.52. The molecule has 1 aromatic rings. The molecule has 0 bridgehead atoms. The lowest BCUT2D eigenvalue weighted by Crippen LogP contribution is -2.46. The molecule has 0 spiro atoms. The molecule has 84 valence electrons. The highest BCUT2D eigenvalue weighted by molar-refractivity contribution is 5.28. The van der Waals surface area contributed by atoms with E-state index in [9.17, 15) is 5.11 Å². The van der Waals surface area contributed by atoms with Crippen LogP contribution in [0.4, 0.5) is 0 Å². The largest absolute Gasteiger partial charge is 0.389 e. The van der Waals surface area contributed by atoms with E-state index in [1.807, 2.05) is 32.0 Å². The van der Waals surface area contributed by atoms with Crippen molar-refractivity contribution in [3.63, 3.8) is 0 Å². The smallest absolute Gasteiger partial charge is 0.0710 e. The van der Waals surface area contributed by atoms with Gasteiger partial charge in [0.15, 0.2) is 0 Å². The van der Waals surface area contributed by atoms with Gasteiger partial charge in [0.1, 0.15) is 0 Å². The summed E-state index contributed by atoms with van der Waals surface area (Å²) < 4.78 is 0. The van der Waals surface area contributed by atoms with Crippen molar-refractivity contribution in [2.24, 2.45) is 0 Å².